The molecule has 0 heterocycles. The van der Waals surface area contributed by atoms with Gasteiger partial charge in [-0.1, -0.05) is 62.3 Å². The Balaban J connectivity index is -0.000000276. The molecule has 0 rings (SSSR count). The lowest BCUT2D eigenvalue weighted by Gasteiger charge is -1.98. The predicted molar refractivity (Wildman–Crippen MR) is 104 cm³/mol. The number of Topliss-reactive ketones (excluding diaryl/α,β-unsaturated/α-hetero) is 3. The third-order valence-electron chi connectivity index (χ3n) is 3.09. The van der Waals surface area contributed by atoms with Crippen molar-refractivity contribution in [2.75, 3.05) is 0 Å². The molecule has 3 nitrogen and oxygen atoms in total. The fourth-order valence-electron chi connectivity index (χ4n) is 1.80. The lowest BCUT2D eigenvalue weighted by Crippen LogP contribution is -1.99. The van der Waals surface area contributed by atoms with Crippen molar-refractivity contribution in [1.29, 1.82) is 0 Å². The van der Waals surface area contributed by atoms with Crippen molar-refractivity contribution in [1.82, 2.24) is 0 Å². The topological polar surface area (TPSA) is 51.2 Å². The first-order valence-electron chi connectivity index (χ1n) is 9.54. The summed E-state index contributed by atoms with van der Waals surface area (Å²) in [5.74, 6) is 2.72. The summed E-state index contributed by atoms with van der Waals surface area (Å²) in [5, 5.41) is 0. The molecule has 0 N–H and O–H groups in total. The predicted octanol–water partition coefficient (Wildman–Crippen LogP) is 6.03. The summed E-state index contributed by atoms with van der Waals surface area (Å²) in [6, 6.07) is 0. The maximum absolute atomic E-state index is 10.6. The monoisotopic (exact) mass is 342 g/mol. The minimum absolute atomic E-state index is 0.375. The van der Waals surface area contributed by atoms with Gasteiger partial charge in [-0.25, -0.2) is 0 Å². The van der Waals surface area contributed by atoms with Crippen molar-refractivity contribution in [3.05, 3.63) is 0 Å². The Morgan fingerprint density at radius 3 is 0.708 bits per heavy atom. The van der Waals surface area contributed by atoms with Gasteiger partial charge in [0.2, 0.25) is 0 Å². The van der Waals surface area contributed by atoms with Crippen LogP contribution in [0.15, 0.2) is 0 Å². The van der Waals surface area contributed by atoms with Crippen molar-refractivity contribution >= 4 is 17.3 Å². The standard InChI is InChI=1S/3C7H14O/c3*1-4-7(8)5-6(2)3/h3*6H,4-5H2,1-3H3. The number of ketones is 3. The Morgan fingerprint density at radius 2 is 0.667 bits per heavy atom. The average molecular weight is 343 g/mol. The molecule has 0 aromatic rings. The van der Waals surface area contributed by atoms with E-state index in [0.717, 1.165) is 19.3 Å². The molecule has 0 fully saturated rings. The number of carbonyl (C=O) groups excluding carboxylic acids is 3. The van der Waals surface area contributed by atoms with E-state index in [1.54, 1.807) is 0 Å². The van der Waals surface area contributed by atoms with E-state index >= 15 is 0 Å². The van der Waals surface area contributed by atoms with Gasteiger partial charge in [0.25, 0.3) is 0 Å². The largest absolute Gasteiger partial charge is 0.300 e. The van der Waals surface area contributed by atoms with E-state index in [1.807, 2.05) is 20.8 Å². The highest BCUT2D eigenvalue weighted by molar-refractivity contribution is 5.78. The van der Waals surface area contributed by atoms with E-state index < -0.39 is 0 Å². The lowest BCUT2D eigenvalue weighted by atomic mass is 10.1. The van der Waals surface area contributed by atoms with Gasteiger partial charge in [0.15, 0.2) is 0 Å². The van der Waals surface area contributed by atoms with E-state index in [2.05, 4.69) is 41.5 Å². The maximum Gasteiger partial charge on any atom is 0.132 e. The second-order valence-corrected chi connectivity index (χ2v) is 7.47. The second kappa shape index (κ2) is 18.4. The Labute approximate surface area is 151 Å². The van der Waals surface area contributed by atoms with E-state index in [4.69, 9.17) is 0 Å². The SMILES string of the molecule is CCC(=O)CC(C)C.CCC(=O)CC(C)C.CCC(=O)CC(C)C. The lowest BCUT2D eigenvalue weighted by molar-refractivity contribution is -0.120. The van der Waals surface area contributed by atoms with Gasteiger partial charge in [-0.05, 0) is 17.8 Å². The zero-order chi connectivity index (χ0) is 19.7. The fraction of sp³-hybridized carbons (Fsp3) is 0.857. The van der Waals surface area contributed by atoms with E-state index in [0.29, 0.717) is 54.4 Å². The number of hydrogen-bond donors (Lipinski definition) is 0. The van der Waals surface area contributed by atoms with Crippen molar-refractivity contribution in [2.24, 2.45) is 17.8 Å². The van der Waals surface area contributed by atoms with Crippen LogP contribution in [0.2, 0.25) is 0 Å². The third-order valence-corrected chi connectivity index (χ3v) is 3.09. The van der Waals surface area contributed by atoms with Crippen LogP contribution in [0.3, 0.4) is 0 Å². The molecule has 0 aliphatic rings. The Hall–Kier alpha value is -0.990. The van der Waals surface area contributed by atoms with Crippen LogP contribution in [-0.4, -0.2) is 17.3 Å². The summed E-state index contributed by atoms with van der Waals surface area (Å²) < 4.78 is 0. The number of carbonyl (C=O) groups is 3. The molecule has 0 bridgehead atoms. The summed E-state index contributed by atoms with van der Waals surface area (Å²) in [6.07, 6.45) is 4.32. The fourth-order valence-corrected chi connectivity index (χ4v) is 1.80. The summed E-state index contributed by atoms with van der Waals surface area (Å²) in [4.78, 5) is 31.9. The molecule has 0 saturated heterocycles. The molecule has 0 aromatic carbocycles. The summed E-state index contributed by atoms with van der Waals surface area (Å²) in [7, 11) is 0. The number of hydrogen-bond acceptors (Lipinski definition) is 3. The first kappa shape index (κ1) is 27.8. The van der Waals surface area contributed by atoms with Crippen molar-refractivity contribution < 1.29 is 14.4 Å². The van der Waals surface area contributed by atoms with Gasteiger partial charge in [-0.3, -0.25) is 14.4 Å². The Morgan fingerprint density at radius 1 is 0.500 bits per heavy atom. The molecular weight excluding hydrogens is 300 g/mol. The van der Waals surface area contributed by atoms with Gasteiger partial charge in [-0.15, -0.1) is 0 Å². The van der Waals surface area contributed by atoms with Crippen molar-refractivity contribution in [3.8, 4) is 0 Å². The van der Waals surface area contributed by atoms with Crippen LogP contribution in [0.25, 0.3) is 0 Å². The molecule has 0 spiro atoms. The molecule has 0 radical (unpaired) electrons. The van der Waals surface area contributed by atoms with Gasteiger partial charge < -0.3 is 0 Å². The average Bonchev–Trinajstić information content (AvgIpc) is 2.46. The highest BCUT2D eigenvalue weighted by Gasteiger charge is 2.01. The molecular formula is C21H42O3. The molecule has 24 heavy (non-hydrogen) atoms. The van der Waals surface area contributed by atoms with E-state index in [1.165, 1.54) is 0 Å². The van der Waals surface area contributed by atoms with Crippen LogP contribution in [-0.2, 0) is 14.4 Å². The van der Waals surface area contributed by atoms with Crippen LogP contribution in [0.5, 0.6) is 0 Å². The molecule has 144 valence electrons. The van der Waals surface area contributed by atoms with Crippen LogP contribution < -0.4 is 0 Å². The third kappa shape index (κ3) is 29.1. The molecule has 0 amide bonds. The maximum atomic E-state index is 10.6. The molecule has 0 unspecified atom stereocenters. The first-order chi connectivity index (χ1) is 11.0. The Bertz CT molecular complexity index is 276. The minimum Gasteiger partial charge on any atom is -0.300 e. The van der Waals surface area contributed by atoms with Crippen LogP contribution in [0.1, 0.15) is 101 Å². The zero-order valence-corrected chi connectivity index (χ0v) is 17.7. The van der Waals surface area contributed by atoms with Gasteiger partial charge in [0.05, 0.1) is 0 Å². The molecule has 0 aliphatic carbocycles. The summed E-state index contributed by atoms with van der Waals surface area (Å²) in [6.45, 7) is 18.1. The van der Waals surface area contributed by atoms with Gasteiger partial charge in [0, 0.05) is 38.5 Å². The molecule has 0 aliphatic heterocycles. The van der Waals surface area contributed by atoms with Gasteiger partial charge in [0.1, 0.15) is 17.3 Å². The molecule has 0 aromatic heterocycles. The number of rotatable bonds is 9. The van der Waals surface area contributed by atoms with Crippen molar-refractivity contribution in [3.63, 3.8) is 0 Å². The summed E-state index contributed by atoms with van der Waals surface area (Å²) >= 11 is 0. The molecule has 3 heteroatoms. The molecule has 0 atom stereocenters. The van der Waals surface area contributed by atoms with E-state index in [9.17, 15) is 14.4 Å². The normalized spacial score (nSPS) is 10.0. The molecule has 0 saturated carbocycles. The summed E-state index contributed by atoms with van der Waals surface area (Å²) in [5.41, 5.74) is 0. The first-order valence-corrected chi connectivity index (χ1v) is 9.54. The van der Waals surface area contributed by atoms with Gasteiger partial charge >= 0.3 is 0 Å². The minimum atomic E-state index is 0.375. The van der Waals surface area contributed by atoms with E-state index in [-0.39, 0.29) is 0 Å². The van der Waals surface area contributed by atoms with Crippen LogP contribution >= 0.6 is 0 Å². The highest BCUT2D eigenvalue weighted by atomic mass is 16.1. The quantitative estimate of drug-likeness (QED) is 0.513. The zero-order valence-electron chi connectivity index (χ0n) is 17.7. The van der Waals surface area contributed by atoms with Crippen LogP contribution in [0, 0.1) is 17.8 Å². The Kier molecular flexibility index (Phi) is 21.3. The van der Waals surface area contributed by atoms with Crippen molar-refractivity contribution in [2.45, 2.75) is 101 Å². The second-order valence-electron chi connectivity index (χ2n) is 7.47. The highest BCUT2D eigenvalue weighted by Crippen LogP contribution is 2.02. The van der Waals surface area contributed by atoms with Gasteiger partial charge in [-0.2, -0.15) is 0 Å². The van der Waals surface area contributed by atoms with Crippen LogP contribution in [0.4, 0.5) is 0 Å². The smallest absolute Gasteiger partial charge is 0.132 e.